The van der Waals surface area contributed by atoms with Crippen LogP contribution in [0.25, 0.3) is 22.3 Å². The van der Waals surface area contributed by atoms with Crippen LogP contribution >= 0.6 is 11.6 Å². The van der Waals surface area contributed by atoms with E-state index in [1.165, 1.54) is 10.9 Å². The molecule has 1 heterocycles. The molecule has 5 rings (SSSR count). The molecule has 0 saturated carbocycles. The summed E-state index contributed by atoms with van der Waals surface area (Å²) in [6.45, 7) is 1.99. The number of fused-ring (bicyclic) bond motifs is 1. The van der Waals surface area contributed by atoms with Crippen LogP contribution in [0, 0.1) is 6.92 Å². The first kappa shape index (κ1) is 23.2. The maximum atomic E-state index is 13.4. The Kier molecular flexibility index (Phi) is 6.43. The second kappa shape index (κ2) is 9.98. The first-order valence-electron chi connectivity index (χ1n) is 11.2. The fourth-order valence-corrected chi connectivity index (χ4v) is 3.79. The summed E-state index contributed by atoms with van der Waals surface area (Å²) in [5, 5.41) is 5.46. The van der Waals surface area contributed by atoms with E-state index in [9.17, 15) is 9.59 Å². The van der Waals surface area contributed by atoms with E-state index in [1.807, 2.05) is 37.3 Å². The molecule has 5 aromatic rings. The summed E-state index contributed by atoms with van der Waals surface area (Å²) in [5.74, 6) is 0.183. The van der Waals surface area contributed by atoms with Crippen LogP contribution in [0.3, 0.4) is 0 Å². The molecular formula is C29H20ClN3O3. The van der Waals surface area contributed by atoms with Crippen LogP contribution in [-0.4, -0.2) is 21.8 Å². The zero-order chi connectivity index (χ0) is 25.1. The lowest BCUT2D eigenvalue weighted by Gasteiger charge is -2.10. The summed E-state index contributed by atoms with van der Waals surface area (Å²) in [7, 11) is 0. The highest BCUT2D eigenvalue weighted by molar-refractivity contribution is 6.30. The minimum absolute atomic E-state index is 0.303. The fourth-order valence-electron chi connectivity index (χ4n) is 3.67. The third-order valence-electron chi connectivity index (χ3n) is 5.58. The summed E-state index contributed by atoms with van der Waals surface area (Å²) in [4.78, 5) is 30.8. The second-order valence-corrected chi connectivity index (χ2v) is 8.55. The third kappa shape index (κ3) is 4.80. The van der Waals surface area contributed by atoms with E-state index in [1.54, 1.807) is 66.7 Å². The number of halogens is 1. The Hall–Kier alpha value is -4.55. The van der Waals surface area contributed by atoms with Crippen molar-refractivity contribution in [3.05, 3.63) is 129 Å². The van der Waals surface area contributed by atoms with E-state index in [2.05, 4.69) is 5.10 Å². The topological polar surface area (TPSA) is 73.6 Å². The highest BCUT2D eigenvalue weighted by Gasteiger charge is 2.14. The number of benzene rings is 4. The van der Waals surface area contributed by atoms with Gasteiger partial charge in [-0.15, -0.1) is 0 Å². The van der Waals surface area contributed by atoms with Gasteiger partial charge in [0.05, 0.1) is 22.7 Å². The highest BCUT2D eigenvalue weighted by atomic mass is 35.5. The molecule has 0 bridgehead atoms. The van der Waals surface area contributed by atoms with Gasteiger partial charge in [-0.2, -0.15) is 9.78 Å². The zero-order valence-electron chi connectivity index (χ0n) is 19.3. The van der Waals surface area contributed by atoms with E-state index in [0.29, 0.717) is 38.6 Å². The predicted octanol–water partition coefficient (Wildman–Crippen LogP) is 6.13. The molecule has 0 aliphatic heterocycles. The molecule has 7 heteroatoms. The van der Waals surface area contributed by atoms with Crippen molar-refractivity contribution in [3.63, 3.8) is 0 Å². The van der Waals surface area contributed by atoms with Gasteiger partial charge in [-0.3, -0.25) is 4.79 Å². The molecule has 4 aromatic carbocycles. The number of carbonyl (C=O) groups is 1. The van der Waals surface area contributed by atoms with Gasteiger partial charge in [0.25, 0.3) is 5.56 Å². The van der Waals surface area contributed by atoms with E-state index in [-0.39, 0.29) is 5.56 Å². The predicted molar refractivity (Wildman–Crippen MR) is 142 cm³/mol. The van der Waals surface area contributed by atoms with Gasteiger partial charge >= 0.3 is 5.97 Å². The SMILES string of the molecule is Cc1ccc(-c2nc3ccccc3c(=O)n2N=Cc2ccccc2OC(=O)c2ccc(Cl)cc2)cc1. The number of hydrogen-bond acceptors (Lipinski definition) is 5. The Morgan fingerprint density at radius 3 is 2.39 bits per heavy atom. The van der Waals surface area contributed by atoms with Gasteiger partial charge < -0.3 is 4.74 Å². The van der Waals surface area contributed by atoms with Crippen LogP contribution in [0.1, 0.15) is 21.5 Å². The molecule has 0 saturated heterocycles. The van der Waals surface area contributed by atoms with Crippen LogP contribution in [0.5, 0.6) is 5.75 Å². The number of hydrogen-bond donors (Lipinski definition) is 0. The van der Waals surface area contributed by atoms with Crippen molar-refractivity contribution in [2.45, 2.75) is 6.92 Å². The number of carbonyl (C=O) groups excluding carboxylic acids is 1. The zero-order valence-corrected chi connectivity index (χ0v) is 20.0. The van der Waals surface area contributed by atoms with Gasteiger partial charge in [0.2, 0.25) is 0 Å². The molecule has 0 atom stereocenters. The van der Waals surface area contributed by atoms with Crippen molar-refractivity contribution in [1.82, 2.24) is 9.66 Å². The van der Waals surface area contributed by atoms with Crippen LogP contribution < -0.4 is 10.3 Å². The maximum Gasteiger partial charge on any atom is 0.343 e. The average molecular weight is 494 g/mol. The van der Waals surface area contributed by atoms with Gasteiger partial charge in [-0.25, -0.2) is 9.78 Å². The minimum Gasteiger partial charge on any atom is -0.422 e. The average Bonchev–Trinajstić information content (AvgIpc) is 2.90. The molecular weight excluding hydrogens is 474 g/mol. The molecule has 1 aromatic heterocycles. The number of nitrogens with zero attached hydrogens (tertiary/aromatic N) is 3. The number of ether oxygens (including phenoxy) is 1. The van der Waals surface area contributed by atoms with Crippen molar-refractivity contribution in [2.75, 3.05) is 0 Å². The van der Waals surface area contributed by atoms with Crippen molar-refractivity contribution >= 4 is 34.7 Å². The first-order valence-corrected chi connectivity index (χ1v) is 11.6. The van der Waals surface area contributed by atoms with Crippen LogP contribution in [-0.2, 0) is 0 Å². The summed E-state index contributed by atoms with van der Waals surface area (Å²) >= 11 is 5.91. The Labute approximate surface area is 212 Å². The van der Waals surface area contributed by atoms with E-state index in [0.717, 1.165) is 11.1 Å². The van der Waals surface area contributed by atoms with Gasteiger partial charge in [0.1, 0.15) is 5.75 Å². The third-order valence-corrected chi connectivity index (χ3v) is 5.83. The highest BCUT2D eigenvalue weighted by Crippen LogP contribution is 2.21. The largest absolute Gasteiger partial charge is 0.422 e. The molecule has 0 fully saturated rings. The first-order chi connectivity index (χ1) is 17.5. The van der Waals surface area contributed by atoms with Crippen LogP contribution in [0.2, 0.25) is 5.02 Å². The molecule has 0 spiro atoms. The number of aryl methyl sites for hydroxylation is 1. The summed E-state index contributed by atoms with van der Waals surface area (Å²) in [6, 6.07) is 28.3. The molecule has 0 aliphatic carbocycles. The molecule has 36 heavy (non-hydrogen) atoms. The smallest absolute Gasteiger partial charge is 0.343 e. The van der Waals surface area contributed by atoms with E-state index in [4.69, 9.17) is 21.3 Å². The quantitative estimate of drug-likeness (QED) is 0.168. The van der Waals surface area contributed by atoms with Crippen LogP contribution in [0.15, 0.2) is 107 Å². The normalized spacial score (nSPS) is 11.2. The van der Waals surface area contributed by atoms with Crippen molar-refractivity contribution in [2.24, 2.45) is 5.10 Å². The lowest BCUT2D eigenvalue weighted by molar-refractivity contribution is 0.0734. The molecule has 0 amide bonds. The van der Waals surface area contributed by atoms with Gasteiger partial charge in [-0.1, -0.05) is 65.7 Å². The molecule has 0 unspecified atom stereocenters. The minimum atomic E-state index is -0.530. The van der Waals surface area contributed by atoms with Crippen molar-refractivity contribution in [1.29, 1.82) is 0 Å². The Morgan fingerprint density at radius 2 is 1.61 bits per heavy atom. The lowest BCUT2D eigenvalue weighted by Crippen LogP contribution is -2.20. The molecule has 0 N–H and O–H groups in total. The molecule has 176 valence electrons. The van der Waals surface area contributed by atoms with Gasteiger partial charge in [-0.05, 0) is 55.5 Å². The molecule has 0 aliphatic rings. The van der Waals surface area contributed by atoms with Crippen molar-refractivity contribution in [3.8, 4) is 17.1 Å². The number of esters is 1. The number of rotatable bonds is 5. The Morgan fingerprint density at radius 1 is 0.917 bits per heavy atom. The van der Waals surface area contributed by atoms with Gasteiger partial charge in [0, 0.05) is 16.1 Å². The number of aromatic nitrogens is 2. The lowest BCUT2D eigenvalue weighted by atomic mass is 10.1. The summed E-state index contributed by atoms with van der Waals surface area (Å²) in [5.41, 5.74) is 3.01. The fraction of sp³-hybridized carbons (Fsp3) is 0.0345. The summed E-state index contributed by atoms with van der Waals surface area (Å²) in [6.07, 6.45) is 1.49. The molecule has 0 radical (unpaired) electrons. The Bertz CT molecular complexity index is 1660. The van der Waals surface area contributed by atoms with Gasteiger partial charge in [0.15, 0.2) is 5.82 Å². The summed E-state index contributed by atoms with van der Waals surface area (Å²) < 4.78 is 6.88. The van der Waals surface area contributed by atoms with Crippen LogP contribution in [0.4, 0.5) is 0 Å². The number of para-hydroxylation sites is 2. The van der Waals surface area contributed by atoms with Crippen molar-refractivity contribution < 1.29 is 9.53 Å². The van der Waals surface area contributed by atoms with E-state index >= 15 is 0 Å². The Balaban J connectivity index is 1.56. The molecule has 6 nitrogen and oxygen atoms in total. The monoisotopic (exact) mass is 493 g/mol. The van der Waals surface area contributed by atoms with E-state index < -0.39 is 5.97 Å². The standard InChI is InChI=1S/C29H20ClN3O3/c1-19-10-12-20(13-11-19)27-32-25-8-4-3-7-24(25)28(34)33(27)31-18-22-6-2-5-9-26(22)36-29(35)21-14-16-23(30)17-15-21/h2-18H,1H3. The second-order valence-electron chi connectivity index (χ2n) is 8.11. The maximum absolute atomic E-state index is 13.4.